The molecule has 2 aliphatic rings. The van der Waals surface area contributed by atoms with Crippen molar-refractivity contribution < 1.29 is 4.79 Å². The van der Waals surface area contributed by atoms with Crippen molar-refractivity contribution in [1.29, 1.82) is 0 Å². The lowest BCUT2D eigenvalue weighted by atomic mass is 10.2. The summed E-state index contributed by atoms with van der Waals surface area (Å²) in [6.45, 7) is 5.60. The Morgan fingerprint density at radius 1 is 0.968 bits per heavy atom. The van der Waals surface area contributed by atoms with Crippen LogP contribution in [0.1, 0.15) is 29.2 Å². The average molecular weight is 418 g/mol. The SMILES string of the molecule is Nc1nc(CN2CCN(C(=O)c3cc(N4CCCC4)ccn3)CC2)nc2ccccc12. The van der Waals surface area contributed by atoms with E-state index in [9.17, 15) is 4.79 Å². The average Bonchev–Trinajstić information content (AvgIpc) is 3.34. The molecule has 3 aromatic rings. The van der Waals surface area contributed by atoms with E-state index in [0.29, 0.717) is 31.1 Å². The van der Waals surface area contributed by atoms with Crippen molar-refractivity contribution in [1.82, 2.24) is 24.8 Å². The number of carbonyl (C=O) groups is 1. The van der Waals surface area contributed by atoms with Gasteiger partial charge in [0.1, 0.15) is 17.3 Å². The van der Waals surface area contributed by atoms with Crippen LogP contribution < -0.4 is 10.6 Å². The van der Waals surface area contributed by atoms with Gasteiger partial charge in [-0.05, 0) is 37.1 Å². The van der Waals surface area contributed by atoms with Crippen molar-refractivity contribution >= 4 is 28.3 Å². The fourth-order valence-electron chi connectivity index (χ4n) is 4.40. The first-order chi connectivity index (χ1) is 15.2. The van der Waals surface area contributed by atoms with Gasteiger partial charge in [0.2, 0.25) is 0 Å². The van der Waals surface area contributed by atoms with E-state index in [1.54, 1.807) is 6.20 Å². The number of benzene rings is 1. The Labute approximate surface area is 181 Å². The Bertz CT molecular complexity index is 1090. The molecule has 160 valence electrons. The lowest BCUT2D eigenvalue weighted by Crippen LogP contribution is -2.48. The Kier molecular flexibility index (Phi) is 5.38. The second-order valence-electron chi connectivity index (χ2n) is 8.20. The largest absolute Gasteiger partial charge is 0.383 e. The third kappa shape index (κ3) is 4.16. The number of anilines is 2. The predicted octanol–water partition coefficient (Wildman–Crippen LogP) is 2.17. The Morgan fingerprint density at radius 2 is 1.74 bits per heavy atom. The van der Waals surface area contributed by atoms with Gasteiger partial charge in [0.25, 0.3) is 5.91 Å². The minimum absolute atomic E-state index is 0.00639. The lowest BCUT2D eigenvalue weighted by Gasteiger charge is -2.34. The number of pyridine rings is 1. The number of piperazine rings is 1. The third-order valence-electron chi connectivity index (χ3n) is 6.14. The van der Waals surface area contributed by atoms with E-state index < -0.39 is 0 Å². The molecule has 2 saturated heterocycles. The van der Waals surface area contributed by atoms with Crippen LogP contribution in [0.5, 0.6) is 0 Å². The smallest absolute Gasteiger partial charge is 0.272 e. The van der Waals surface area contributed by atoms with Crippen molar-refractivity contribution in [3.63, 3.8) is 0 Å². The molecule has 2 N–H and O–H groups in total. The second kappa shape index (κ2) is 8.47. The van der Waals surface area contributed by atoms with Crippen molar-refractivity contribution in [2.45, 2.75) is 19.4 Å². The number of nitrogen functional groups attached to an aromatic ring is 1. The summed E-state index contributed by atoms with van der Waals surface area (Å²) in [5, 5.41) is 0.880. The van der Waals surface area contributed by atoms with Crippen LogP contribution in [0.2, 0.25) is 0 Å². The zero-order valence-corrected chi connectivity index (χ0v) is 17.6. The molecule has 2 aliphatic heterocycles. The Balaban J connectivity index is 1.21. The molecule has 5 rings (SSSR count). The molecule has 0 saturated carbocycles. The number of carbonyl (C=O) groups excluding carboxylic acids is 1. The van der Waals surface area contributed by atoms with Crippen LogP contribution in [0, 0.1) is 0 Å². The number of para-hydroxylation sites is 1. The van der Waals surface area contributed by atoms with Gasteiger partial charge in [0, 0.05) is 56.5 Å². The van der Waals surface area contributed by atoms with Gasteiger partial charge >= 0.3 is 0 Å². The summed E-state index contributed by atoms with van der Waals surface area (Å²) in [7, 11) is 0. The molecular formula is C23H27N7O. The van der Waals surface area contributed by atoms with Crippen LogP contribution in [-0.4, -0.2) is 69.9 Å². The summed E-state index contributed by atoms with van der Waals surface area (Å²) in [5.74, 6) is 1.24. The molecule has 0 bridgehead atoms. The molecule has 0 unspecified atom stereocenters. The van der Waals surface area contributed by atoms with Gasteiger partial charge in [-0.15, -0.1) is 0 Å². The minimum atomic E-state index is 0.00639. The maximum absolute atomic E-state index is 13.0. The first kappa shape index (κ1) is 19.7. The molecule has 8 heteroatoms. The van der Waals surface area contributed by atoms with Crippen LogP contribution in [0.4, 0.5) is 11.5 Å². The molecule has 1 aromatic carbocycles. The van der Waals surface area contributed by atoms with Crippen molar-refractivity contribution in [3.8, 4) is 0 Å². The molecule has 0 aliphatic carbocycles. The maximum atomic E-state index is 13.0. The topological polar surface area (TPSA) is 91.5 Å². The number of nitrogens with two attached hydrogens (primary N) is 1. The molecule has 31 heavy (non-hydrogen) atoms. The molecule has 1 amide bonds. The Morgan fingerprint density at radius 3 is 2.55 bits per heavy atom. The lowest BCUT2D eigenvalue weighted by molar-refractivity contribution is 0.0620. The summed E-state index contributed by atoms with van der Waals surface area (Å²) in [6.07, 6.45) is 4.17. The molecule has 2 fully saturated rings. The zero-order valence-electron chi connectivity index (χ0n) is 17.6. The van der Waals surface area contributed by atoms with E-state index in [4.69, 9.17) is 5.73 Å². The highest BCUT2D eigenvalue weighted by molar-refractivity contribution is 5.93. The van der Waals surface area contributed by atoms with Gasteiger partial charge in [-0.2, -0.15) is 0 Å². The van der Waals surface area contributed by atoms with Crippen molar-refractivity contribution in [2.75, 3.05) is 49.9 Å². The standard InChI is InChI=1S/C23H27N7O/c24-22-18-5-1-2-6-19(18)26-21(27-22)16-28-11-13-30(14-12-28)23(31)20-15-17(7-8-25-20)29-9-3-4-10-29/h1-2,5-8,15H,3-4,9-14,16H2,(H2,24,26,27). The minimum Gasteiger partial charge on any atom is -0.383 e. The highest BCUT2D eigenvalue weighted by atomic mass is 16.2. The molecule has 0 atom stereocenters. The number of nitrogens with zero attached hydrogens (tertiary/aromatic N) is 6. The van der Waals surface area contributed by atoms with Gasteiger partial charge in [-0.3, -0.25) is 14.7 Å². The van der Waals surface area contributed by atoms with Gasteiger partial charge in [-0.1, -0.05) is 12.1 Å². The van der Waals surface area contributed by atoms with Crippen LogP contribution in [-0.2, 0) is 6.54 Å². The zero-order chi connectivity index (χ0) is 21.2. The number of fused-ring (bicyclic) bond motifs is 1. The summed E-state index contributed by atoms with van der Waals surface area (Å²) in [5.41, 5.74) is 8.61. The summed E-state index contributed by atoms with van der Waals surface area (Å²) >= 11 is 0. The fourth-order valence-corrected chi connectivity index (χ4v) is 4.40. The van der Waals surface area contributed by atoms with E-state index >= 15 is 0 Å². The van der Waals surface area contributed by atoms with Crippen molar-refractivity contribution in [3.05, 3.63) is 54.1 Å². The summed E-state index contributed by atoms with van der Waals surface area (Å²) in [4.78, 5) is 33.0. The first-order valence-corrected chi connectivity index (χ1v) is 10.9. The van der Waals surface area contributed by atoms with Gasteiger partial charge in [-0.25, -0.2) is 9.97 Å². The van der Waals surface area contributed by atoms with E-state index in [2.05, 4.69) is 24.8 Å². The number of amides is 1. The second-order valence-corrected chi connectivity index (χ2v) is 8.20. The molecule has 8 nitrogen and oxygen atoms in total. The van der Waals surface area contributed by atoms with Crippen molar-refractivity contribution in [2.24, 2.45) is 0 Å². The molecular weight excluding hydrogens is 390 g/mol. The quantitative estimate of drug-likeness (QED) is 0.695. The maximum Gasteiger partial charge on any atom is 0.272 e. The van der Waals surface area contributed by atoms with Gasteiger partial charge < -0.3 is 15.5 Å². The summed E-state index contributed by atoms with van der Waals surface area (Å²) < 4.78 is 0. The first-order valence-electron chi connectivity index (χ1n) is 10.9. The molecule has 0 radical (unpaired) electrons. The van der Waals surface area contributed by atoms with Crippen LogP contribution in [0.25, 0.3) is 10.9 Å². The highest BCUT2D eigenvalue weighted by Gasteiger charge is 2.24. The molecule has 2 aromatic heterocycles. The van der Waals surface area contributed by atoms with E-state index in [1.807, 2.05) is 41.3 Å². The van der Waals surface area contributed by atoms with Crippen LogP contribution in [0.3, 0.4) is 0 Å². The number of rotatable bonds is 4. The monoisotopic (exact) mass is 417 g/mol. The van der Waals surface area contributed by atoms with Crippen LogP contribution >= 0.6 is 0 Å². The Hall–Kier alpha value is -3.26. The number of aromatic nitrogens is 3. The number of hydrogen-bond acceptors (Lipinski definition) is 7. The van der Waals surface area contributed by atoms with Gasteiger partial charge in [0.05, 0.1) is 12.1 Å². The third-order valence-corrected chi connectivity index (χ3v) is 6.14. The fraction of sp³-hybridized carbons (Fsp3) is 0.391. The van der Waals surface area contributed by atoms with Gasteiger partial charge in [0.15, 0.2) is 0 Å². The highest BCUT2D eigenvalue weighted by Crippen LogP contribution is 2.21. The van der Waals surface area contributed by atoms with Crippen LogP contribution in [0.15, 0.2) is 42.6 Å². The number of hydrogen-bond donors (Lipinski definition) is 1. The predicted molar refractivity (Wildman–Crippen MR) is 121 cm³/mol. The normalized spacial score (nSPS) is 17.4. The van der Waals surface area contributed by atoms with E-state index in [-0.39, 0.29) is 5.91 Å². The summed E-state index contributed by atoms with van der Waals surface area (Å²) in [6, 6.07) is 11.7. The van der Waals surface area contributed by atoms with E-state index in [1.165, 1.54) is 12.8 Å². The molecule has 0 spiro atoms. The van der Waals surface area contributed by atoms with E-state index in [0.717, 1.165) is 48.6 Å². The molecule has 4 heterocycles.